The van der Waals surface area contributed by atoms with Crippen LogP contribution in [0.4, 0.5) is 4.79 Å². The number of nitrogens with zero attached hydrogens (tertiary/aromatic N) is 1. The van der Waals surface area contributed by atoms with Gasteiger partial charge in [-0.15, -0.1) is 0 Å². The largest absolute Gasteiger partial charge is 0.463 e. The molecule has 0 heterocycles. The molecular formula is C26H40N2O4. The Balaban J connectivity index is 1.47. The molecule has 0 aliphatic heterocycles. The normalized spacial score (nSPS) is 41.0. The molecule has 6 heteroatoms. The second-order valence-corrected chi connectivity index (χ2v) is 11.0. The van der Waals surface area contributed by atoms with Gasteiger partial charge in [0.25, 0.3) is 0 Å². The average Bonchev–Trinajstić information content (AvgIpc) is 3.09. The van der Waals surface area contributed by atoms with Crippen LogP contribution < -0.4 is 5.43 Å². The average molecular weight is 445 g/mol. The van der Waals surface area contributed by atoms with Crippen molar-refractivity contribution >= 4 is 17.8 Å². The number of hydrogen-bond acceptors (Lipinski definition) is 5. The van der Waals surface area contributed by atoms with E-state index in [0.29, 0.717) is 23.9 Å². The summed E-state index contributed by atoms with van der Waals surface area (Å²) in [5, 5.41) is 4.36. The monoisotopic (exact) mass is 444 g/mol. The third-order valence-corrected chi connectivity index (χ3v) is 9.51. The molecule has 4 rings (SSSR count). The lowest BCUT2D eigenvalue weighted by atomic mass is 9.44. The van der Waals surface area contributed by atoms with Gasteiger partial charge in [-0.2, -0.15) is 5.10 Å². The summed E-state index contributed by atoms with van der Waals surface area (Å²) in [6.07, 6.45) is 11.3. The zero-order valence-corrected chi connectivity index (χ0v) is 20.4. The first-order chi connectivity index (χ1) is 15.2. The van der Waals surface area contributed by atoms with Crippen molar-refractivity contribution in [1.82, 2.24) is 5.43 Å². The van der Waals surface area contributed by atoms with Gasteiger partial charge in [-0.3, -0.25) is 4.79 Å². The highest BCUT2D eigenvalue weighted by molar-refractivity contribution is 6.00. The quantitative estimate of drug-likeness (QED) is 0.347. The van der Waals surface area contributed by atoms with Gasteiger partial charge in [0.05, 0.1) is 12.3 Å². The number of amides is 1. The fourth-order valence-electron chi connectivity index (χ4n) is 8.04. The van der Waals surface area contributed by atoms with Crippen molar-refractivity contribution in [2.24, 2.45) is 39.6 Å². The number of esters is 1. The van der Waals surface area contributed by atoms with E-state index in [4.69, 9.17) is 9.47 Å². The van der Waals surface area contributed by atoms with Gasteiger partial charge in [0.1, 0.15) is 6.10 Å². The highest BCUT2D eigenvalue weighted by Crippen LogP contribution is 2.66. The Kier molecular flexibility index (Phi) is 6.43. The van der Waals surface area contributed by atoms with Crippen LogP contribution in [0, 0.1) is 34.5 Å². The molecule has 7 atom stereocenters. The van der Waals surface area contributed by atoms with E-state index >= 15 is 0 Å². The molecule has 6 nitrogen and oxygen atoms in total. The number of rotatable bonds is 4. The third kappa shape index (κ3) is 3.99. The Labute approximate surface area is 192 Å². The fourth-order valence-corrected chi connectivity index (χ4v) is 8.04. The number of carbonyl (C=O) groups excluding carboxylic acids is 2. The molecule has 0 unspecified atom stereocenters. The maximum atomic E-state index is 11.7. The number of carbonyl (C=O) groups is 2. The van der Waals surface area contributed by atoms with Gasteiger partial charge in [-0.1, -0.05) is 19.9 Å². The predicted octanol–water partition coefficient (Wildman–Crippen LogP) is 5.62. The Bertz CT molecular complexity index is 821. The molecule has 0 aromatic heterocycles. The van der Waals surface area contributed by atoms with Crippen LogP contribution in [0.5, 0.6) is 0 Å². The maximum Gasteiger partial charge on any atom is 0.427 e. The van der Waals surface area contributed by atoms with Crippen molar-refractivity contribution in [3.63, 3.8) is 0 Å². The lowest BCUT2D eigenvalue weighted by Crippen LogP contribution is -2.54. The second kappa shape index (κ2) is 8.83. The van der Waals surface area contributed by atoms with Gasteiger partial charge in [0, 0.05) is 6.92 Å². The molecule has 3 fully saturated rings. The molecule has 0 radical (unpaired) electrons. The van der Waals surface area contributed by atoms with E-state index in [-0.39, 0.29) is 17.5 Å². The molecule has 4 aliphatic rings. The molecular weight excluding hydrogens is 404 g/mol. The number of fused-ring (bicyclic) bond motifs is 5. The zero-order valence-electron chi connectivity index (χ0n) is 20.4. The van der Waals surface area contributed by atoms with E-state index in [1.165, 1.54) is 44.6 Å². The lowest BCUT2D eigenvalue weighted by Gasteiger charge is -2.60. The summed E-state index contributed by atoms with van der Waals surface area (Å²) in [5.41, 5.74) is 5.24. The Morgan fingerprint density at radius 3 is 2.62 bits per heavy atom. The minimum absolute atomic E-state index is 0.112. The van der Waals surface area contributed by atoms with Crippen LogP contribution in [-0.4, -0.2) is 30.5 Å². The van der Waals surface area contributed by atoms with Crippen LogP contribution in [0.1, 0.15) is 86.0 Å². The highest BCUT2D eigenvalue weighted by Gasteiger charge is 2.59. The van der Waals surface area contributed by atoms with Crippen LogP contribution in [0.3, 0.4) is 0 Å². The molecule has 178 valence electrons. The molecule has 32 heavy (non-hydrogen) atoms. The summed E-state index contributed by atoms with van der Waals surface area (Å²) >= 11 is 0. The van der Waals surface area contributed by atoms with Gasteiger partial charge in [0.15, 0.2) is 0 Å². The summed E-state index contributed by atoms with van der Waals surface area (Å²) in [6.45, 7) is 10.6. The van der Waals surface area contributed by atoms with Crippen molar-refractivity contribution in [2.75, 3.05) is 6.61 Å². The van der Waals surface area contributed by atoms with E-state index < -0.39 is 6.09 Å². The molecule has 1 N–H and O–H groups in total. The van der Waals surface area contributed by atoms with E-state index in [0.717, 1.165) is 36.8 Å². The molecule has 0 aromatic rings. The summed E-state index contributed by atoms with van der Waals surface area (Å²) < 4.78 is 10.5. The number of allylic oxidation sites excluding steroid dienone is 2. The van der Waals surface area contributed by atoms with Crippen molar-refractivity contribution in [1.29, 1.82) is 0 Å². The lowest BCUT2D eigenvalue weighted by molar-refractivity contribution is -0.158. The minimum Gasteiger partial charge on any atom is -0.463 e. The standard InChI is InChI=1S/C26H40N2O4/c1-6-31-24(30)28-27-16(2)21-9-10-22-20-8-7-18-15-19(32-17(3)29)11-13-25(18,4)23(20)12-14-26(21,22)5/h9,18-20,22-23H,6-8,10-15H2,1-5H3,(H,28,30)/b27-16-/t18-,19-,20-,22-,23-,25-,26+/m0/s1. The molecule has 3 saturated carbocycles. The Hall–Kier alpha value is -1.85. The first-order valence-corrected chi connectivity index (χ1v) is 12.5. The summed E-state index contributed by atoms with van der Waals surface area (Å²) in [5.74, 6) is 2.66. The minimum atomic E-state index is -0.494. The van der Waals surface area contributed by atoms with E-state index in [9.17, 15) is 9.59 Å². The van der Waals surface area contributed by atoms with Crippen molar-refractivity contribution < 1.29 is 19.1 Å². The van der Waals surface area contributed by atoms with Crippen LogP contribution >= 0.6 is 0 Å². The van der Waals surface area contributed by atoms with Crippen LogP contribution in [0.15, 0.2) is 16.8 Å². The third-order valence-electron chi connectivity index (χ3n) is 9.51. The predicted molar refractivity (Wildman–Crippen MR) is 124 cm³/mol. The number of ether oxygens (including phenoxy) is 2. The Morgan fingerprint density at radius 2 is 1.91 bits per heavy atom. The molecule has 0 aromatic carbocycles. The van der Waals surface area contributed by atoms with Gasteiger partial charge in [-0.05, 0) is 105 Å². The zero-order chi connectivity index (χ0) is 23.1. The summed E-state index contributed by atoms with van der Waals surface area (Å²) in [6, 6.07) is 0. The van der Waals surface area contributed by atoms with Gasteiger partial charge >= 0.3 is 12.1 Å². The van der Waals surface area contributed by atoms with E-state index in [1.54, 1.807) is 6.92 Å². The molecule has 4 aliphatic carbocycles. The number of hydrazone groups is 1. The SMILES string of the molecule is CCOC(=O)N/N=C(/C)C1=CC[C@H]2[C@@H]3CC[C@H]4C[C@@H](OC(C)=O)CC[C@]4(C)[C@H]3CC[C@]12C. The summed E-state index contributed by atoms with van der Waals surface area (Å²) in [7, 11) is 0. The number of hydrogen-bond donors (Lipinski definition) is 1. The topological polar surface area (TPSA) is 77.0 Å². The smallest absolute Gasteiger partial charge is 0.427 e. The second-order valence-electron chi connectivity index (χ2n) is 11.0. The highest BCUT2D eigenvalue weighted by atomic mass is 16.6. The fraction of sp³-hybridized carbons (Fsp3) is 0.808. The van der Waals surface area contributed by atoms with Gasteiger partial charge in [-0.25, -0.2) is 10.2 Å². The molecule has 0 saturated heterocycles. The summed E-state index contributed by atoms with van der Waals surface area (Å²) in [4.78, 5) is 23.2. The maximum absolute atomic E-state index is 11.7. The van der Waals surface area contributed by atoms with Crippen LogP contribution in [0.2, 0.25) is 0 Å². The van der Waals surface area contributed by atoms with E-state index in [2.05, 4.69) is 30.5 Å². The van der Waals surface area contributed by atoms with Crippen molar-refractivity contribution in [2.45, 2.75) is 92.1 Å². The first kappa shape index (κ1) is 23.3. The van der Waals surface area contributed by atoms with Crippen molar-refractivity contribution in [3.05, 3.63) is 11.6 Å². The van der Waals surface area contributed by atoms with Crippen LogP contribution in [0.25, 0.3) is 0 Å². The number of nitrogens with one attached hydrogen (secondary N) is 1. The Morgan fingerprint density at radius 1 is 1.12 bits per heavy atom. The van der Waals surface area contributed by atoms with Gasteiger partial charge in [0.2, 0.25) is 0 Å². The van der Waals surface area contributed by atoms with Crippen LogP contribution in [-0.2, 0) is 14.3 Å². The molecule has 1 amide bonds. The first-order valence-electron chi connectivity index (χ1n) is 12.5. The molecule has 0 bridgehead atoms. The molecule has 0 spiro atoms. The van der Waals surface area contributed by atoms with Gasteiger partial charge < -0.3 is 9.47 Å². The van der Waals surface area contributed by atoms with Crippen molar-refractivity contribution in [3.8, 4) is 0 Å². The van der Waals surface area contributed by atoms with E-state index in [1.807, 2.05) is 6.92 Å².